The number of nitrogens with one attached hydrogen (secondary N) is 1. The molecule has 6 heteroatoms. The first-order valence-corrected chi connectivity index (χ1v) is 7.45. The maximum atomic E-state index is 11.5. The van der Waals surface area contributed by atoms with Gasteiger partial charge in [0.1, 0.15) is 0 Å². The number of amides is 1. The van der Waals surface area contributed by atoms with E-state index in [9.17, 15) is 9.59 Å². The number of aryl methyl sites for hydroxylation is 1. The first kappa shape index (κ1) is 16.5. The van der Waals surface area contributed by atoms with Crippen LogP contribution in [-0.4, -0.2) is 40.5 Å². The molecule has 0 spiro atoms. The van der Waals surface area contributed by atoms with E-state index in [2.05, 4.69) is 11.4 Å². The normalized spacial score (nSPS) is 11.9. The van der Waals surface area contributed by atoms with Crippen LogP contribution in [0, 0.1) is 6.92 Å². The largest absolute Gasteiger partial charge is 0.479 e. The summed E-state index contributed by atoms with van der Waals surface area (Å²) in [5.74, 6) is -0.349. The summed E-state index contributed by atoms with van der Waals surface area (Å²) in [5, 5.41) is 20.1. The zero-order chi connectivity index (χ0) is 15.0. The van der Waals surface area contributed by atoms with E-state index in [0.717, 1.165) is 5.75 Å². The quantitative estimate of drug-likeness (QED) is 0.671. The minimum atomic E-state index is -1.42. The molecule has 1 amide bonds. The van der Waals surface area contributed by atoms with E-state index >= 15 is 0 Å². The third-order valence-electron chi connectivity index (χ3n) is 2.61. The van der Waals surface area contributed by atoms with E-state index in [1.54, 1.807) is 0 Å². The van der Waals surface area contributed by atoms with Crippen molar-refractivity contribution in [1.29, 1.82) is 0 Å². The first-order valence-electron chi connectivity index (χ1n) is 6.30. The van der Waals surface area contributed by atoms with Crippen LogP contribution in [0.2, 0.25) is 0 Å². The number of hydrogen-bond donors (Lipinski definition) is 3. The molecule has 1 aromatic rings. The second-order valence-corrected chi connectivity index (χ2v) is 5.46. The highest BCUT2D eigenvalue weighted by atomic mass is 32.2. The number of aliphatic hydroxyl groups excluding tert-OH is 1. The smallest absolute Gasteiger partial charge is 0.332 e. The highest BCUT2D eigenvalue weighted by Gasteiger charge is 2.12. The number of aliphatic carboxylic acids is 1. The van der Waals surface area contributed by atoms with Gasteiger partial charge in [-0.25, -0.2) is 4.79 Å². The van der Waals surface area contributed by atoms with Gasteiger partial charge in [0, 0.05) is 18.7 Å². The Bertz CT molecular complexity index is 464. The van der Waals surface area contributed by atoms with E-state index in [1.807, 2.05) is 25.1 Å². The lowest BCUT2D eigenvalue weighted by Gasteiger charge is -2.07. The highest BCUT2D eigenvalue weighted by molar-refractivity contribution is 7.99. The summed E-state index contributed by atoms with van der Waals surface area (Å²) in [6.45, 7) is 2.19. The molecule has 0 saturated heterocycles. The molecule has 5 nitrogen and oxygen atoms in total. The molecule has 0 heterocycles. The van der Waals surface area contributed by atoms with Gasteiger partial charge in [-0.2, -0.15) is 0 Å². The van der Waals surface area contributed by atoms with Gasteiger partial charge in [-0.3, -0.25) is 4.79 Å². The summed E-state index contributed by atoms with van der Waals surface area (Å²) >= 11 is 1.50. The minimum Gasteiger partial charge on any atom is -0.479 e. The predicted molar refractivity (Wildman–Crippen MR) is 78.6 cm³/mol. The Morgan fingerprint density at radius 3 is 2.80 bits per heavy atom. The molecular weight excluding hydrogens is 278 g/mol. The lowest BCUT2D eigenvalue weighted by Crippen LogP contribution is -2.31. The number of carboxylic acids is 1. The Morgan fingerprint density at radius 2 is 2.15 bits per heavy atom. The summed E-state index contributed by atoms with van der Waals surface area (Å²) in [7, 11) is 0. The molecule has 0 aliphatic carbocycles. The van der Waals surface area contributed by atoms with Crippen LogP contribution in [0.3, 0.4) is 0 Å². The van der Waals surface area contributed by atoms with Gasteiger partial charge >= 0.3 is 5.97 Å². The Morgan fingerprint density at radius 1 is 1.40 bits per heavy atom. The van der Waals surface area contributed by atoms with Gasteiger partial charge in [0.2, 0.25) is 5.91 Å². The molecule has 20 heavy (non-hydrogen) atoms. The third kappa shape index (κ3) is 6.58. The molecule has 1 rings (SSSR count). The van der Waals surface area contributed by atoms with E-state index in [4.69, 9.17) is 10.2 Å². The fraction of sp³-hybridized carbons (Fsp3) is 0.429. The van der Waals surface area contributed by atoms with Crippen molar-refractivity contribution in [2.75, 3.05) is 12.3 Å². The number of rotatable bonds is 8. The maximum absolute atomic E-state index is 11.5. The standard InChI is InChI=1S/C14H19NO4S/c1-10-3-2-4-11(7-10)8-20-9-13(17)15-6-5-12(16)14(18)19/h2-4,7,12,16H,5-6,8-9H2,1H3,(H,15,17)(H,18,19)/t12-/m0/s1. The van der Waals surface area contributed by atoms with Crippen molar-refractivity contribution in [3.05, 3.63) is 35.4 Å². The van der Waals surface area contributed by atoms with Crippen LogP contribution in [0.5, 0.6) is 0 Å². The number of carboxylic acid groups (broad SMARTS) is 1. The summed E-state index contributed by atoms with van der Waals surface area (Å²) in [6.07, 6.45) is -1.40. The molecule has 0 fully saturated rings. The van der Waals surface area contributed by atoms with Crippen LogP contribution in [0.4, 0.5) is 0 Å². The Labute approximate surface area is 122 Å². The van der Waals surface area contributed by atoms with Crippen LogP contribution >= 0.6 is 11.8 Å². The van der Waals surface area contributed by atoms with Crippen LogP contribution < -0.4 is 5.32 Å². The van der Waals surface area contributed by atoms with Gasteiger partial charge < -0.3 is 15.5 Å². The fourth-order valence-corrected chi connectivity index (χ4v) is 2.39. The molecule has 110 valence electrons. The molecule has 1 aromatic carbocycles. The lowest BCUT2D eigenvalue weighted by atomic mass is 10.2. The highest BCUT2D eigenvalue weighted by Crippen LogP contribution is 2.13. The van der Waals surface area contributed by atoms with E-state index in [-0.39, 0.29) is 18.9 Å². The maximum Gasteiger partial charge on any atom is 0.332 e. The number of hydrogen-bond acceptors (Lipinski definition) is 4. The lowest BCUT2D eigenvalue weighted by molar-refractivity contribution is -0.147. The van der Waals surface area contributed by atoms with Gasteiger partial charge in [-0.1, -0.05) is 29.8 Å². The average molecular weight is 297 g/mol. The van der Waals surface area contributed by atoms with Gasteiger partial charge in [0.15, 0.2) is 6.10 Å². The molecule has 3 N–H and O–H groups in total. The number of benzene rings is 1. The minimum absolute atomic E-state index is 0.0175. The van der Waals surface area contributed by atoms with Gasteiger partial charge in [-0.05, 0) is 12.5 Å². The molecular formula is C14H19NO4S. The summed E-state index contributed by atoms with van der Waals surface area (Å²) in [6, 6.07) is 8.10. The Kier molecular flexibility index (Phi) is 7.11. The van der Waals surface area contributed by atoms with Crippen molar-refractivity contribution in [3.8, 4) is 0 Å². The molecule has 0 saturated carbocycles. The molecule has 0 aromatic heterocycles. The van der Waals surface area contributed by atoms with Gasteiger partial charge in [0.25, 0.3) is 0 Å². The molecule has 0 aliphatic heterocycles. The van der Waals surface area contributed by atoms with Crippen molar-refractivity contribution >= 4 is 23.6 Å². The molecule has 0 unspecified atom stereocenters. The average Bonchev–Trinajstić information content (AvgIpc) is 2.38. The second-order valence-electron chi connectivity index (χ2n) is 4.47. The topological polar surface area (TPSA) is 86.6 Å². The van der Waals surface area contributed by atoms with E-state index in [1.165, 1.54) is 22.9 Å². The summed E-state index contributed by atoms with van der Waals surface area (Å²) < 4.78 is 0. The zero-order valence-electron chi connectivity index (χ0n) is 11.3. The van der Waals surface area contributed by atoms with E-state index < -0.39 is 12.1 Å². The Hall–Kier alpha value is -1.53. The van der Waals surface area contributed by atoms with Crippen molar-refractivity contribution in [1.82, 2.24) is 5.32 Å². The molecule has 1 atom stereocenters. The Balaban J connectivity index is 2.16. The van der Waals surface area contributed by atoms with Crippen molar-refractivity contribution in [2.24, 2.45) is 0 Å². The van der Waals surface area contributed by atoms with Gasteiger partial charge in [-0.15, -0.1) is 11.8 Å². The third-order valence-corrected chi connectivity index (χ3v) is 3.61. The predicted octanol–water partition coefficient (Wildman–Crippen LogP) is 1.18. The molecule has 0 radical (unpaired) electrons. The first-order chi connectivity index (χ1) is 9.49. The number of carbonyl (C=O) groups excluding carboxylic acids is 1. The number of carbonyl (C=O) groups is 2. The molecule has 0 aliphatic rings. The summed E-state index contributed by atoms with van der Waals surface area (Å²) in [5.41, 5.74) is 2.36. The van der Waals surface area contributed by atoms with Crippen LogP contribution in [0.1, 0.15) is 17.5 Å². The van der Waals surface area contributed by atoms with Crippen LogP contribution in [-0.2, 0) is 15.3 Å². The van der Waals surface area contributed by atoms with Crippen LogP contribution in [0.25, 0.3) is 0 Å². The van der Waals surface area contributed by atoms with Crippen LogP contribution in [0.15, 0.2) is 24.3 Å². The number of aliphatic hydroxyl groups is 1. The SMILES string of the molecule is Cc1cccc(CSCC(=O)NCC[C@H](O)C(=O)O)c1. The van der Waals surface area contributed by atoms with Crippen molar-refractivity contribution in [3.63, 3.8) is 0 Å². The van der Waals surface area contributed by atoms with Gasteiger partial charge in [0.05, 0.1) is 5.75 Å². The zero-order valence-corrected chi connectivity index (χ0v) is 12.2. The van der Waals surface area contributed by atoms with E-state index in [0.29, 0.717) is 5.75 Å². The fourth-order valence-electron chi connectivity index (χ4n) is 1.59. The second kappa shape index (κ2) is 8.60. The van der Waals surface area contributed by atoms with Crippen molar-refractivity contribution in [2.45, 2.75) is 25.2 Å². The monoisotopic (exact) mass is 297 g/mol. The number of thioether (sulfide) groups is 1. The molecule has 0 bridgehead atoms. The van der Waals surface area contributed by atoms with Crippen molar-refractivity contribution < 1.29 is 19.8 Å². The summed E-state index contributed by atoms with van der Waals surface area (Å²) in [4.78, 5) is 21.9.